The Morgan fingerprint density at radius 1 is 1.44 bits per heavy atom. The third-order valence-corrected chi connectivity index (χ3v) is 2.08. The van der Waals surface area contributed by atoms with Crippen LogP contribution in [0.4, 0.5) is 8.78 Å². The maximum atomic E-state index is 11.9. The number of para-hydroxylation sites is 1. The van der Waals surface area contributed by atoms with Gasteiger partial charge in [-0.1, -0.05) is 18.2 Å². The number of halogens is 2. The van der Waals surface area contributed by atoms with Gasteiger partial charge in [-0.25, -0.2) is 0 Å². The summed E-state index contributed by atoms with van der Waals surface area (Å²) in [6.45, 7) is 0.170. The average molecular weight is 229 g/mol. The Hall–Kier alpha value is -1.65. The summed E-state index contributed by atoms with van der Waals surface area (Å²) in [4.78, 5) is 10.6. The zero-order valence-corrected chi connectivity index (χ0v) is 8.87. The van der Waals surface area contributed by atoms with Crippen molar-refractivity contribution in [2.24, 2.45) is 0 Å². The molecule has 0 aliphatic rings. The van der Waals surface area contributed by atoms with Crippen molar-refractivity contribution >= 4 is 5.91 Å². The SMILES string of the molecule is COc1ccccc1CCNC(=O)C(F)F. The molecule has 5 heteroatoms. The van der Waals surface area contributed by atoms with E-state index >= 15 is 0 Å². The van der Waals surface area contributed by atoms with Crippen LogP contribution in [0.15, 0.2) is 24.3 Å². The fraction of sp³-hybridized carbons (Fsp3) is 0.364. The Balaban J connectivity index is 2.45. The van der Waals surface area contributed by atoms with Crippen LogP contribution >= 0.6 is 0 Å². The van der Waals surface area contributed by atoms with E-state index in [1.165, 1.54) is 7.11 Å². The van der Waals surface area contributed by atoms with Crippen molar-refractivity contribution in [1.82, 2.24) is 5.32 Å². The molecule has 0 heterocycles. The molecule has 88 valence electrons. The van der Waals surface area contributed by atoms with E-state index in [2.05, 4.69) is 5.32 Å². The minimum absolute atomic E-state index is 0.170. The number of rotatable bonds is 5. The number of nitrogens with one attached hydrogen (secondary N) is 1. The van der Waals surface area contributed by atoms with Gasteiger partial charge >= 0.3 is 6.43 Å². The third-order valence-electron chi connectivity index (χ3n) is 2.08. The number of benzene rings is 1. The fourth-order valence-corrected chi connectivity index (χ4v) is 1.31. The number of carbonyl (C=O) groups excluding carboxylic acids is 1. The lowest BCUT2D eigenvalue weighted by Gasteiger charge is -2.08. The van der Waals surface area contributed by atoms with Crippen molar-refractivity contribution in [3.63, 3.8) is 0 Å². The molecule has 1 aromatic rings. The lowest BCUT2D eigenvalue weighted by atomic mass is 10.1. The summed E-state index contributed by atoms with van der Waals surface area (Å²) < 4.78 is 28.8. The van der Waals surface area contributed by atoms with Crippen LogP contribution in [0.5, 0.6) is 5.75 Å². The summed E-state index contributed by atoms with van der Waals surface area (Å²) in [5.74, 6) is -0.552. The molecule has 0 aromatic heterocycles. The summed E-state index contributed by atoms with van der Waals surface area (Å²) in [5.41, 5.74) is 0.875. The first-order valence-corrected chi connectivity index (χ1v) is 4.83. The summed E-state index contributed by atoms with van der Waals surface area (Å²) >= 11 is 0. The number of alkyl halides is 2. The van der Waals surface area contributed by atoms with Gasteiger partial charge in [0.2, 0.25) is 0 Å². The summed E-state index contributed by atoms with van der Waals surface area (Å²) in [5, 5.41) is 2.14. The van der Waals surface area contributed by atoms with E-state index in [1.54, 1.807) is 6.07 Å². The van der Waals surface area contributed by atoms with E-state index in [9.17, 15) is 13.6 Å². The van der Waals surface area contributed by atoms with Crippen molar-refractivity contribution in [2.75, 3.05) is 13.7 Å². The van der Waals surface area contributed by atoms with Gasteiger partial charge in [-0.05, 0) is 18.1 Å². The van der Waals surface area contributed by atoms with Crippen molar-refractivity contribution in [1.29, 1.82) is 0 Å². The van der Waals surface area contributed by atoms with Gasteiger partial charge in [0.05, 0.1) is 7.11 Å². The van der Waals surface area contributed by atoms with E-state index in [-0.39, 0.29) is 6.54 Å². The molecule has 0 spiro atoms. The van der Waals surface area contributed by atoms with Crippen LogP contribution in [-0.2, 0) is 11.2 Å². The molecule has 1 aromatic carbocycles. The highest BCUT2D eigenvalue weighted by atomic mass is 19.3. The largest absolute Gasteiger partial charge is 0.496 e. The van der Waals surface area contributed by atoms with Crippen LogP contribution in [0.25, 0.3) is 0 Å². The number of ether oxygens (including phenoxy) is 1. The minimum atomic E-state index is -2.96. The van der Waals surface area contributed by atoms with Crippen LogP contribution in [-0.4, -0.2) is 26.0 Å². The molecule has 1 amide bonds. The number of amides is 1. The molecule has 0 radical (unpaired) electrons. The highest BCUT2D eigenvalue weighted by Gasteiger charge is 2.13. The van der Waals surface area contributed by atoms with Crippen LogP contribution in [0.3, 0.4) is 0 Å². The number of methoxy groups -OCH3 is 1. The Labute approximate surface area is 92.4 Å². The van der Waals surface area contributed by atoms with Crippen molar-refractivity contribution in [3.05, 3.63) is 29.8 Å². The first-order valence-electron chi connectivity index (χ1n) is 4.83. The first-order chi connectivity index (χ1) is 7.65. The molecule has 0 aliphatic heterocycles. The predicted octanol–water partition coefficient (Wildman–Crippen LogP) is 1.62. The van der Waals surface area contributed by atoms with Crippen molar-refractivity contribution < 1.29 is 18.3 Å². The van der Waals surface area contributed by atoms with Gasteiger partial charge in [0.1, 0.15) is 5.75 Å². The van der Waals surface area contributed by atoms with Gasteiger partial charge in [-0.15, -0.1) is 0 Å². The van der Waals surface area contributed by atoms with Crippen molar-refractivity contribution in [3.8, 4) is 5.75 Å². The smallest absolute Gasteiger partial charge is 0.315 e. The molecule has 0 unspecified atom stereocenters. The van der Waals surface area contributed by atoms with Gasteiger partial charge < -0.3 is 10.1 Å². The molecule has 0 saturated carbocycles. The lowest BCUT2D eigenvalue weighted by Crippen LogP contribution is -2.31. The normalized spacial score (nSPS) is 10.2. The predicted molar refractivity (Wildman–Crippen MR) is 55.7 cm³/mol. The number of hydrogen-bond donors (Lipinski definition) is 1. The van der Waals surface area contributed by atoms with E-state index in [4.69, 9.17) is 4.74 Å². The highest BCUT2D eigenvalue weighted by molar-refractivity contribution is 5.79. The van der Waals surface area contributed by atoms with Gasteiger partial charge in [-0.3, -0.25) is 4.79 Å². The number of hydrogen-bond acceptors (Lipinski definition) is 2. The molecule has 1 rings (SSSR count). The second-order valence-corrected chi connectivity index (χ2v) is 3.15. The highest BCUT2D eigenvalue weighted by Crippen LogP contribution is 2.17. The van der Waals surface area contributed by atoms with Crippen LogP contribution in [0, 0.1) is 0 Å². The summed E-state index contributed by atoms with van der Waals surface area (Å²) in [7, 11) is 1.54. The molecule has 3 nitrogen and oxygen atoms in total. The van der Waals surface area contributed by atoms with Gasteiger partial charge in [0.15, 0.2) is 0 Å². The lowest BCUT2D eigenvalue weighted by molar-refractivity contribution is -0.131. The van der Waals surface area contributed by atoms with E-state index < -0.39 is 12.3 Å². The third kappa shape index (κ3) is 3.49. The van der Waals surface area contributed by atoms with E-state index in [0.29, 0.717) is 12.2 Å². The molecular weight excluding hydrogens is 216 g/mol. The Bertz CT molecular complexity index is 356. The average Bonchev–Trinajstić information content (AvgIpc) is 2.29. The second-order valence-electron chi connectivity index (χ2n) is 3.15. The van der Waals surface area contributed by atoms with Gasteiger partial charge in [0, 0.05) is 6.54 Å². The maximum absolute atomic E-state index is 11.9. The van der Waals surface area contributed by atoms with Crippen molar-refractivity contribution in [2.45, 2.75) is 12.8 Å². The summed E-state index contributed by atoms with van der Waals surface area (Å²) in [6.07, 6.45) is -2.50. The molecule has 1 N–H and O–H groups in total. The second kappa shape index (κ2) is 6.05. The topological polar surface area (TPSA) is 38.3 Å². The number of carbonyl (C=O) groups is 1. The Morgan fingerprint density at radius 2 is 2.12 bits per heavy atom. The van der Waals surface area contributed by atoms with Gasteiger partial charge in [0.25, 0.3) is 5.91 Å². The Kier molecular flexibility index (Phi) is 4.69. The molecule has 0 saturated heterocycles. The maximum Gasteiger partial charge on any atom is 0.315 e. The van der Waals surface area contributed by atoms with E-state index in [1.807, 2.05) is 18.2 Å². The molecular formula is C11H13F2NO2. The minimum Gasteiger partial charge on any atom is -0.496 e. The fourth-order valence-electron chi connectivity index (χ4n) is 1.31. The zero-order chi connectivity index (χ0) is 12.0. The molecule has 0 aliphatic carbocycles. The Morgan fingerprint density at radius 3 is 2.75 bits per heavy atom. The van der Waals surface area contributed by atoms with Crippen LogP contribution in [0.2, 0.25) is 0 Å². The van der Waals surface area contributed by atoms with Crippen LogP contribution < -0.4 is 10.1 Å². The quantitative estimate of drug-likeness (QED) is 0.833. The van der Waals surface area contributed by atoms with Crippen LogP contribution in [0.1, 0.15) is 5.56 Å². The molecule has 0 atom stereocenters. The summed E-state index contributed by atoms with van der Waals surface area (Å²) in [6, 6.07) is 7.25. The molecule has 16 heavy (non-hydrogen) atoms. The monoisotopic (exact) mass is 229 g/mol. The first kappa shape index (κ1) is 12.4. The van der Waals surface area contributed by atoms with E-state index in [0.717, 1.165) is 5.56 Å². The molecule has 0 fully saturated rings. The van der Waals surface area contributed by atoms with Gasteiger partial charge in [-0.2, -0.15) is 8.78 Å². The zero-order valence-electron chi connectivity index (χ0n) is 8.87. The standard InChI is InChI=1S/C11H13F2NO2/c1-16-9-5-3-2-4-8(9)6-7-14-11(15)10(12)13/h2-5,10H,6-7H2,1H3,(H,14,15). The molecule has 0 bridgehead atoms.